The van der Waals surface area contributed by atoms with Gasteiger partial charge in [0.05, 0.1) is 0 Å². The van der Waals surface area contributed by atoms with E-state index in [4.69, 9.17) is 23.2 Å². The number of hydrogen-bond acceptors (Lipinski definition) is 1. The molecule has 1 aromatic carbocycles. The molecule has 0 aliphatic carbocycles. The van der Waals surface area contributed by atoms with Crippen molar-refractivity contribution in [2.75, 3.05) is 6.54 Å². The van der Waals surface area contributed by atoms with Crippen molar-refractivity contribution in [2.24, 2.45) is 5.92 Å². The van der Waals surface area contributed by atoms with E-state index in [9.17, 15) is 0 Å². The molecule has 3 heteroatoms. The molecule has 0 spiro atoms. The highest BCUT2D eigenvalue weighted by Gasteiger charge is 2.29. The van der Waals surface area contributed by atoms with Gasteiger partial charge in [0.25, 0.3) is 0 Å². The van der Waals surface area contributed by atoms with Crippen molar-refractivity contribution in [3.05, 3.63) is 33.8 Å². The monoisotopic (exact) mass is 243 g/mol. The van der Waals surface area contributed by atoms with Crippen LogP contribution < -0.4 is 5.32 Å². The zero-order chi connectivity index (χ0) is 10.8. The fraction of sp³-hybridized carbons (Fsp3) is 0.500. The molecule has 0 aromatic heterocycles. The van der Waals surface area contributed by atoms with E-state index >= 15 is 0 Å². The minimum atomic E-state index is 0.330. The van der Waals surface area contributed by atoms with E-state index in [0.717, 1.165) is 22.2 Å². The molecule has 2 atom stereocenters. The highest BCUT2D eigenvalue weighted by atomic mass is 35.5. The molecular weight excluding hydrogens is 229 g/mol. The van der Waals surface area contributed by atoms with E-state index in [0.29, 0.717) is 12.0 Å². The van der Waals surface area contributed by atoms with Crippen LogP contribution in [0.5, 0.6) is 0 Å². The normalized spacial score (nSPS) is 25.8. The molecule has 2 unspecified atom stereocenters. The summed E-state index contributed by atoms with van der Waals surface area (Å²) in [4.78, 5) is 0. The van der Waals surface area contributed by atoms with Gasteiger partial charge in [-0.15, -0.1) is 0 Å². The summed E-state index contributed by atoms with van der Waals surface area (Å²) in [5.41, 5.74) is 1.07. The maximum atomic E-state index is 6.21. The minimum Gasteiger partial charge on any atom is -0.310 e. The third-order valence-electron chi connectivity index (χ3n) is 3.19. The van der Waals surface area contributed by atoms with Crippen LogP contribution in [0.15, 0.2) is 18.2 Å². The minimum absolute atomic E-state index is 0.330. The van der Waals surface area contributed by atoms with Crippen molar-refractivity contribution in [3.63, 3.8) is 0 Å². The Labute approximate surface area is 101 Å². The molecular formula is C12H15Cl2N. The Bertz CT molecular complexity index is 331. The molecule has 1 aromatic rings. The maximum absolute atomic E-state index is 6.21. The Kier molecular flexibility index (Phi) is 3.55. The summed E-state index contributed by atoms with van der Waals surface area (Å²) in [5, 5.41) is 5.04. The van der Waals surface area contributed by atoms with Gasteiger partial charge in [-0.2, -0.15) is 0 Å². The van der Waals surface area contributed by atoms with Crippen molar-refractivity contribution >= 4 is 23.2 Å². The molecule has 1 aliphatic rings. The van der Waals surface area contributed by atoms with Gasteiger partial charge in [0, 0.05) is 21.7 Å². The van der Waals surface area contributed by atoms with Gasteiger partial charge in [0.1, 0.15) is 0 Å². The van der Waals surface area contributed by atoms with Crippen LogP contribution >= 0.6 is 23.2 Å². The number of nitrogens with one attached hydrogen (secondary N) is 1. The SMILES string of the molecule is CCC1CCNC1c1c(Cl)cccc1Cl. The molecule has 1 saturated heterocycles. The molecule has 1 fully saturated rings. The molecule has 0 bridgehead atoms. The molecule has 0 radical (unpaired) electrons. The first-order chi connectivity index (χ1) is 7.24. The van der Waals surface area contributed by atoms with Crippen LogP contribution in [0.25, 0.3) is 0 Å². The highest BCUT2D eigenvalue weighted by Crippen LogP contribution is 2.39. The summed E-state index contributed by atoms with van der Waals surface area (Å²) in [7, 11) is 0. The van der Waals surface area contributed by atoms with Crippen molar-refractivity contribution in [3.8, 4) is 0 Å². The first-order valence-corrected chi connectivity index (χ1v) is 6.17. The average Bonchev–Trinajstić information content (AvgIpc) is 2.65. The lowest BCUT2D eigenvalue weighted by molar-refractivity contribution is 0.450. The lowest BCUT2D eigenvalue weighted by Gasteiger charge is -2.20. The van der Waals surface area contributed by atoms with Gasteiger partial charge in [-0.25, -0.2) is 0 Å². The van der Waals surface area contributed by atoms with Gasteiger partial charge >= 0.3 is 0 Å². The van der Waals surface area contributed by atoms with E-state index < -0.39 is 0 Å². The first-order valence-electron chi connectivity index (χ1n) is 5.41. The van der Waals surface area contributed by atoms with E-state index in [-0.39, 0.29) is 0 Å². The third kappa shape index (κ3) is 2.15. The number of halogens is 2. The summed E-state index contributed by atoms with van der Waals surface area (Å²) < 4.78 is 0. The van der Waals surface area contributed by atoms with Crippen LogP contribution in [0.2, 0.25) is 10.0 Å². The Morgan fingerprint density at radius 1 is 1.33 bits per heavy atom. The van der Waals surface area contributed by atoms with Crippen molar-refractivity contribution in [1.29, 1.82) is 0 Å². The molecule has 1 nitrogen and oxygen atoms in total. The second-order valence-corrected chi connectivity index (χ2v) is 4.84. The van der Waals surface area contributed by atoms with Gasteiger partial charge in [-0.1, -0.05) is 42.6 Å². The zero-order valence-electron chi connectivity index (χ0n) is 8.76. The second-order valence-electron chi connectivity index (χ2n) is 4.02. The van der Waals surface area contributed by atoms with Gasteiger partial charge in [-0.3, -0.25) is 0 Å². The van der Waals surface area contributed by atoms with Crippen LogP contribution in [0.1, 0.15) is 31.4 Å². The number of benzene rings is 1. The summed E-state index contributed by atoms with van der Waals surface area (Å²) >= 11 is 12.4. The summed E-state index contributed by atoms with van der Waals surface area (Å²) in [6.45, 7) is 3.28. The fourth-order valence-electron chi connectivity index (χ4n) is 2.34. The second kappa shape index (κ2) is 4.73. The van der Waals surface area contributed by atoms with Crippen LogP contribution in [0, 0.1) is 5.92 Å². The maximum Gasteiger partial charge on any atom is 0.0468 e. The standard InChI is InChI=1S/C12H15Cl2N/c1-2-8-6-7-15-12(8)11-9(13)4-3-5-10(11)14/h3-5,8,12,15H,2,6-7H2,1H3. The molecule has 1 heterocycles. The molecule has 2 rings (SSSR count). The summed E-state index contributed by atoms with van der Waals surface area (Å²) in [5.74, 6) is 0.655. The van der Waals surface area contributed by atoms with Gasteiger partial charge in [0.15, 0.2) is 0 Å². The Morgan fingerprint density at radius 2 is 2.00 bits per heavy atom. The molecule has 82 valence electrons. The number of rotatable bonds is 2. The molecule has 1 aliphatic heterocycles. The fourth-order valence-corrected chi connectivity index (χ4v) is 2.98. The van der Waals surface area contributed by atoms with Crippen LogP contribution in [-0.4, -0.2) is 6.54 Å². The van der Waals surface area contributed by atoms with E-state index in [1.165, 1.54) is 12.8 Å². The zero-order valence-corrected chi connectivity index (χ0v) is 10.3. The van der Waals surface area contributed by atoms with Gasteiger partial charge in [-0.05, 0) is 31.0 Å². The lowest BCUT2D eigenvalue weighted by Crippen LogP contribution is -2.18. The van der Waals surface area contributed by atoms with Crippen molar-refractivity contribution < 1.29 is 0 Å². The predicted octanol–water partition coefficient (Wildman–Crippen LogP) is 4.05. The third-order valence-corrected chi connectivity index (χ3v) is 3.85. The molecule has 0 amide bonds. The highest BCUT2D eigenvalue weighted by molar-refractivity contribution is 6.36. The van der Waals surface area contributed by atoms with Crippen molar-refractivity contribution in [1.82, 2.24) is 5.32 Å². The van der Waals surface area contributed by atoms with E-state index in [1.807, 2.05) is 18.2 Å². The Morgan fingerprint density at radius 3 is 2.60 bits per heavy atom. The Hall–Kier alpha value is -0.240. The molecule has 0 saturated carbocycles. The van der Waals surface area contributed by atoms with Crippen LogP contribution in [-0.2, 0) is 0 Å². The predicted molar refractivity (Wildman–Crippen MR) is 65.6 cm³/mol. The summed E-state index contributed by atoms with van der Waals surface area (Å²) in [6.07, 6.45) is 2.38. The quantitative estimate of drug-likeness (QED) is 0.827. The summed E-state index contributed by atoms with van der Waals surface area (Å²) in [6, 6.07) is 6.05. The largest absolute Gasteiger partial charge is 0.310 e. The van der Waals surface area contributed by atoms with Crippen LogP contribution in [0.4, 0.5) is 0 Å². The molecule has 15 heavy (non-hydrogen) atoms. The first kappa shape index (κ1) is 11.3. The van der Waals surface area contributed by atoms with Gasteiger partial charge < -0.3 is 5.32 Å². The smallest absolute Gasteiger partial charge is 0.0468 e. The van der Waals surface area contributed by atoms with Gasteiger partial charge in [0.2, 0.25) is 0 Å². The molecule has 1 N–H and O–H groups in total. The topological polar surface area (TPSA) is 12.0 Å². The average molecular weight is 244 g/mol. The Balaban J connectivity index is 2.36. The lowest BCUT2D eigenvalue weighted by atomic mass is 9.92. The van der Waals surface area contributed by atoms with Crippen molar-refractivity contribution in [2.45, 2.75) is 25.8 Å². The van der Waals surface area contributed by atoms with Crippen LogP contribution in [0.3, 0.4) is 0 Å². The van der Waals surface area contributed by atoms with E-state index in [2.05, 4.69) is 12.2 Å². The number of hydrogen-bond donors (Lipinski definition) is 1. The van der Waals surface area contributed by atoms with E-state index in [1.54, 1.807) is 0 Å².